The summed E-state index contributed by atoms with van der Waals surface area (Å²) in [5, 5.41) is 15.2. The number of amides is 2. The van der Waals surface area contributed by atoms with Gasteiger partial charge in [-0.05, 0) is 25.5 Å². The molecule has 0 bridgehead atoms. The number of hydrazine groups is 1. The maximum atomic E-state index is 12.3. The fourth-order valence-electron chi connectivity index (χ4n) is 3.41. The number of nitro groups is 1. The van der Waals surface area contributed by atoms with Gasteiger partial charge in [0.1, 0.15) is 6.61 Å². The molecule has 1 atom stereocenters. The number of Topliss-reactive ketones (excluding diaryl/α,β-unsaturated/α-hetero) is 1. The number of urea groups is 1. The summed E-state index contributed by atoms with van der Waals surface area (Å²) in [6.45, 7) is 2.98. The molecule has 0 unspecified atom stereocenters. The van der Waals surface area contributed by atoms with Gasteiger partial charge in [0, 0.05) is 11.3 Å². The van der Waals surface area contributed by atoms with E-state index in [2.05, 4.69) is 5.32 Å². The minimum Gasteiger partial charge on any atom is -0.493 e. The molecule has 2 aromatic carbocycles. The average molecular weight is 426 g/mol. The number of nitrogens with one attached hydrogen (secondary N) is 1. The number of carbonyl (C=O) groups is 2. The van der Waals surface area contributed by atoms with Gasteiger partial charge in [-0.3, -0.25) is 14.9 Å². The highest BCUT2D eigenvalue weighted by Gasteiger charge is 2.37. The summed E-state index contributed by atoms with van der Waals surface area (Å²) in [5.41, 5.74) is 0.978. The van der Waals surface area contributed by atoms with E-state index in [1.165, 1.54) is 33.1 Å². The molecule has 2 amide bonds. The Morgan fingerprint density at radius 3 is 2.52 bits per heavy atom. The van der Waals surface area contributed by atoms with Crippen molar-refractivity contribution in [3.63, 3.8) is 0 Å². The predicted molar refractivity (Wildman–Crippen MR) is 111 cm³/mol. The molecule has 0 fully saturated rings. The number of ether oxygens (including phenoxy) is 2. The number of methoxy groups -OCH3 is 1. The van der Waals surface area contributed by atoms with Gasteiger partial charge in [-0.25, -0.2) is 15.6 Å². The maximum Gasteiger partial charge on any atom is 0.336 e. The summed E-state index contributed by atoms with van der Waals surface area (Å²) < 4.78 is 11.1. The molecular weight excluding hydrogens is 404 g/mol. The second-order valence-electron chi connectivity index (χ2n) is 6.90. The van der Waals surface area contributed by atoms with Gasteiger partial charge in [-0.15, -0.1) is 0 Å². The van der Waals surface area contributed by atoms with Crippen LogP contribution in [0.1, 0.15) is 31.0 Å². The van der Waals surface area contributed by atoms with Crippen LogP contribution in [-0.4, -0.2) is 28.9 Å². The molecule has 0 spiro atoms. The van der Waals surface area contributed by atoms with Gasteiger partial charge in [0.15, 0.2) is 17.3 Å². The van der Waals surface area contributed by atoms with E-state index in [4.69, 9.17) is 15.3 Å². The van der Waals surface area contributed by atoms with Crippen molar-refractivity contribution in [2.45, 2.75) is 26.5 Å². The predicted octanol–water partition coefficient (Wildman–Crippen LogP) is 2.99. The minimum atomic E-state index is -1.07. The largest absolute Gasteiger partial charge is 0.493 e. The highest BCUT2D eigenvalue weighted by atomic mass is 16.6. The zero-order chi connectivity index (χ0) is 22.7. The third-order valence-corrected chi connectivity index (χ3v) is 4.96. The fraction of sp³-hybridized carbons (Fsp3) is 0.238. The van der Waals surface area contributed by atoms with Crippen LogP contribution in [-0.2, 0) is 11.4 Å². The Morgan fingerprint density at radius 2 is 1.94 bits per heavy atom. The summed E-state index contributed by atoms with van der Waals surface area (Å²) in [4.78, 5) is 35.8. The molecule has 1 aliphatic heterocycles. The van der Waals surface area contributed by atoms with E-state index in [0.29, 0.717) is 0 Å². The molecule has 1 heterocycles. The van der Waals surface area contributed by atoms with Crippen LogP contribution in [0.3, 0.4) is 0 Å². The molecule has 10 heteroatoms. The van der Waals surface area contributed by atoms with E-state index in [0.717, 1.165) is 10.6 Å². The topological polar surface area (TPSA) is 137 Å². The summed E-state index contributed by atoms with van der Waals surface area (Å²) >= 11 is 0. The van der Waals surface area contributed by atoms with E-state index in [-0.39, 0.29) is 46.4 Å². The summed E-state index contributed by atoms with van der Waals surface area (Å²) in [7, 11) is 1.40. The van der Waals surface area contributed by atoms with Gasteiger partial charge in [0.05, 0.1) is 29.7 Å². The lowest BCUT2D eigenvalue weighted by atomic mass is 9.91. The van der Waals surface area contributed by atoms with Crippen molar-refractivity contribution in [3.05, 3.63) is 75.0 Å². The van der Waals surface area contributed by atoms with Crippen molar-refractivity contribution in [1.82, 2.24) is 10.3 Å². The number of ketones is 1. The van der Waals surface area contributed by atoms with Crippen LogP contribution < -0.4 is 20.6 Å². The first kappa shape index (κ1) is 21.8. The quantitative estimate of drug-likeness (QED) is 0.300. The van der Waals surface area contributed by atoms with Crippen molar-refractivity contribution < 1.29 is 24.0 Å². The van der Waals surface area contributed by atoms with Gasteiger partial charge in [-0.2, -0.15) is 0 Å². The molecule has 2 aromatic rings. The van der Waals surface area contributed by atoms with Crippen molar-refractivity contribution in [2.24, 2.45) is 5.84 Å². The van der Waals surface area contributed by atoms with E-state index < -0.39 is 17.0 Å². The lowest BCUT2D eigenvalue weighted by molar-refractivity contribution is -0.385. The number of nitrogens with two attached hydrogens (primary N) is 1. The monoisotopic (exact) mass is 426 g/mol. The SMILES string of the molecule is COc1cc([C@H]2NC(=O)N(N)C(C)=C2C(C)=O)c([N+](=O)[O-])cc1OCc1ccccc1. The highest BCUT2D eigenvalue weighted by molar-refractivity contribution is 5.98. The van der Waals surface area contributed by atoms with E-state index in [9.17, 15) is 19.7 Å². The van der Waals surface area contributed by atoms with Crippen LogP contribution in [0.25, 0.3) is 0 Å². The Labute approximate surface area is 178 Å². The van der Waals surface area contributed by atoms with Crippen LogP contribution in [0.2, 0.25) is 0 Å². The number of benzene rings is 2. The molecule has 0 saturated heterocycles. The standard InChI is InChI=1S/C21H22N4O6/c1-12-19(13(2)26)20(23-21(27)24(12)22)15-9-17(30-3)18(10-16(15)25(28)29)31-11-14-7-5-4-6-8-14/h4-10,20H,11,22H2,1-3H3,(H,23,27)/t20-/m1/s1. The van der Waals surface area contributed by atoms with E-state index in [1.807, 2.05) is 30.3 Å². The third kappa shape index (κ3) is 4.33. The van der Waals surface area contributed by atoms with Crippen molar-refractivity contribution in [1.29, 1.82) is 0 Å². The molecule has 3 rings (SSSR count). The Morgan fingerprint density at radius 1 is 1.26 bits per heavy atom. The lowest BCUT2D eigenvalue weighted by Gasteiger charge is -2.32. The molecule has 31 heavy (non-hydrogen) atoms. The molecule has 0 aliphatic carbocycles. The summed E-state index contributed by atoms with van der Waals surface area (Å²) in [6, 6.07) is 10.2. The average Bonchev–Trinajstić information content (AvgIpc) is 2.75. The number of nitro benzene ring substituents is 1. The molecule has 0 aromatic heterocycles. The summed E-state index contributed by atoms with van der Waals surface area (Å²) in [5.74, 6) is 5.70. The van der Waals surface area contributed by atoms with Gasteiger partial charge in [-0.1, -0.05) is 30.3 Å². The van der Waals surface area contributed by atoms with Crippen molar-refractivity contribution in [2.75, 3.05) is 7.11 Å². The number of allylic oxidation sites excluding steroid dienone is 1. The van der Waals surface area contributed by atoms with Crippen LogP contribution in [0.15, 0.2) is 53.7 Å². The van der Waals surface area contributed by atoms with Gasteiger partial charge < -0.3 is 14.8 Å². The number of rotatable bonds is 7. The van der Waals surface area contributed by atoms with Crippen molar-refractivity contribution in [3.8, 4) is 11.5 Å². The molecule has 10 nitrogen and oxygen atoms in total. The Bertz CT molecular complexity index is 1070. The normalized spacial score (nSPS) is 16.1. The zero-order valence-corrected chi connectivity index (χ0v) is 17.2. The third-order valence-electron chi connectivity index (χ3n) is 4.96. The first-order chi connectivity index (χ1) is 14.7. The van der Waals surface area contributed by atoms with Crippen LogP contribution >= 0.6 is 0 Å². The Hall–Kier alpha value is -3.92. The Kier molecular flexibility index (Phi) is 6.21. The van der Waals surface area contributed by atoms with E-state index in [1.54, 1.807) is 0 Å². The number of carbonyl (C=O) groups excluding carboxylic acids is 2. The molecule has 0 radical (unpaired) electrons. The second-order valence-corrected chi connectivity index (χ2v) is 6.90. The number of hydrogen-bond donors (Lipinski definition) is 2. The van der Waals surface area contributed by atoms with Gasteiger partial charge in [0.2, 0.25) is 0 Å². The molecule has 162 valence electrons. The smallest absolute Gasteiger partial charge is 0.336 e. The molecule has 0 saturated carbocycles. The first-order valence-corrected chi connectivity index (χ1v) is 9.34. The first-order valence-electron chi connectivity index (χ1n) is 9.34. The number of nitrogens with zero attached hydrogens (tertiary/aromatic N) is 2. The van der Waals surface area contributed by atoms with Crippen LogP contribution in [0.4, 0.5) is 10.5 Å². The summed E-state index contributed by atoms with van der Waals surface area (Å²) in [6.07, 6.45) is 0. The number of hydrogen-bond acceptors (Lipinski definition) is 7. The van der Waals surface area contributed by atoms with Gasteiger partial charge in [0.25, 0.3) is 5.69 Å². The fourth-order valence-corrected chi connectivity index (χ4v) is 3.41. The van der Waals surface area contributed by atoms with Gasteiger partial charge >= 0.3 is 6.03 Å². The lowest BCUT2D eigenvalue weighted by Crippen LogP contribution is -2.50. The van der Waals surface area contributed by atoms with E-state index >= 15 is 0 Å². The minimum absolute atomic E-state index is 0.0833. The molecule has 1 aliphatic rings. The Balaban J connectivity index is 2.09. The second kappa shape index (κ2) is 8.84. The maximum absolute atomic E-state index is 12.3. The van der Waals surface area contributed by atoms with Crippen LogP contribution in [0, 0.1) is 10.1 Å². The zero-order valence-electron chi connectivity index (χ0n) is 17.2. The highest BCUT2D eigenvalue weighted by Crippen LogP contribution is 2.41. The van der Waals surface area contributed by atoms with Crippen LogP contribution in [0.5, 0.6) is 11.5 Å². The molecular formula is C21H22N4O6. The van der Waals surface area contributed by atoms with Crippen molar-refractivity contribution >= 4 is 17.5 Å². The molecule has 3 N–H and O–H groups in total.